The Morgan fingerprint density at radius 1 is 1.26 bits per heavy atom. The maximum Gasteiger partial charge on any atom is 0.280 e. The lowest BCUT2D eigenvalue weighted by Crippen LogP contribution is -2.48. The summed E-state index contributed by atoms with van der Waals surface area (Å²) in [5, 5.41) is 19.3. The molecule has 2 unspecified atom stereocenters. The van der Waals surface area contributed by atoms with Gasteiger partial charge in [0.15, 0.2) is 5.04 Å². The van der Waals surface area contributed by atoms with E-state index in [4.69, 9.17) is 4.74 Å². The standard InChI is InChI=1S/C26H23F3N6O3S/c1-26(37,32-25-34-33-22(39-25)9-8-14-6-7-14)17-12-31-21(35-20(27)4-3-5-23(35)36)11-15(17)16-10-18(24(28)29)30-13-19(16)38-2/h3-5,10-14,24-25,32,34,37H,6-7H2,1-2H3. The molecule has 0 amide bonds. The molecule has 1 fully saturated rings. The van der Waals surface area contributed by atoms with Crippen molar-refractivity contribution in [1.82, 2.24) is 25.3 Å². The topological polar surface area (TPSA) is 114 Å². The van der Waals surface area contributed by atoms with E-state index in [1.54, 1.807) is 0 Å². The van der Waals surface area contributed by atoms with Crippen molar-refractivity contribution in [2.45, 2.75) is 37.4 Å². The molecule has 39 heavy (non-hydrogen) atoms. The normalized spacial score (nSPS) is 18.1. The van der Waals surface area contributed by atoms with Crippen molar-refractivity contribution in [3.8, 4) is 34.5 Å². The third kappa shape index (κ3) is 5.78. The van der Waals surface area contributed by atoms with Crippen LogP contribution in [-0.4, -0.2) is 37.3 Å². The Morgan fingerprint density at radius 3 is 2.74 bits per heavy atom. The minimum atomic E-state index is -2.89. The largest absolute Gasteiger partial charge is 0.494 e. The number of rotatable bonds is 7. The maximum atomic E-state index is 14.6. The van der Waals surface area contributed by atoms with Gasteiger partial charge in [-0.1, -0.05) is 23.7 Å². The van der Waals surface area contributed by atoms with Crippen molar-refractivity contribution < 1.29 is 23.0 Å². The van der Waals surface area contributed by atoms with Crippen molar-refractivity contribution in [3.05, 3.63) is 70.3 Å². The van der Waals surface area contributed by atoms with Gasteiger partial charge in [-0.25, -0.2) is 18.3 Å². The van der Waals surface area contributed by atoms with Crippen LogP contribution in [0.25, 0.3) is 16.9 Å². The van der Waals surface area contributed by atoms with E-state index in [0.717, 1.165) is 41.8 Å². The summed E-state index contributed by atoms with van der Waals surface area (Å²) in [7, 11) is 1.34. The van der Waals surface area contributed by atoms with Crippen molar-refractivity contribution in [2.24, 2.45) is 11.0 Å². The number of pyridine rings is 3. The molecule has 13 heteroatoms. The van der Waals surface area contributed by atoms with Gasteiger partial charge in [0.2, 0.25) is 5.95 Å². The van der Waals surface area contributed by atoms with Crippen LogP contribution >= 0.6 is 11.8 Å². The van der Waals surface area contributed by atoms with Gasteiger partial charge in [0.1, 0.15) is 28.5 Å². The summed E-state index contributed by atoms with van der Waals surface area (Å²) in [6, 6.07) is 5.94. The van der Waals surface area contributed by atoms with Crippen LogP contribution in [0, 0.1) is 23.7 Å². The Kier molecular flexibility index (Phi) is 7.35. The lowest BCUT2D eigenvalue weighted by molar-refractivity contribution is 0.0147. The Labute approximate surface area is 225 Å². The highest BCUT2D eigenvalue weighted by Crippen LogP contribution is 2.38. The van der Waals surface area contributed by atoms with Gasteiger partial charge in [0, 0.05) is 29.3 Å². The molecule has 3 aromatic rings. The first kappa shape index (κ1) is 26.7. The van der Waals surface area contributed by atoms with Gasteiger partial charge >= 0.3 is 0 Å². The van der Waals surface area contributed by atoms with E-state index in [2.05, 4.69) is 37.7 Å². The van der Waals surface area contributed by atoms with Crippen LogP contribution in [0.1, 0.15) is 37.4 Å². The van der Waals surface area contributed by atoms with Gasteiger partial charge in [-0.15, -0.1) is 0 Å². The zero-order valence-electron chi connectivity index (χ0n) is 20.8. The molecule has 2 atom stereocenters. The minimum absolute atomic E-state index is 0.115. The maximum absolute atomic E-state index is 14.6. The molecule has 3 aromatic heterocycles. The number of halogens is 3. The summed E-state index contributed by atoms with van der Waals surface area (Å²) in [6.07, 6.45) is 1.63. The molecule has 0 radical (unpaired) electrons. The Bertz CT molecular complexity index is 1560. The van der Waals surface area contributed by atoms with Crippen LogP contribution in [0.3, 0.4) is 0 Å². The first-order valence-electron chi connectivity index (χ1n) is 11.9. The van der Waals surface area contributed by atoms with Gasteiger partial charge < -0.3 is 9.84 Å². The van der Waals surface area contributed by atoms with Gasteiger partial charge in [0.05, 0.1) is 13.3 Å². The van der Waals surface area contributed by atoms with Crippen molar-refractivity contribution in [1.29, 1.82) is 0 Å². The monoisotopic (exact) mass is 556 g/mol. The molecule has 4 heterocycles. The molecular weight excluding hydrogens is 533 g/mol. The molecule has 0 spiro atoms. The molecule has 2 aliphatic rings. The first-order chi connectivity index (χ1) is 18.7. The number of hydrogen-bond donors (Lipinski definition) is 3. The second-order valence-corrected chi connectivity index (χ2v) is 10.1. The molecule has 0 aromatic carbocycles. The first-order valence-corrected chi connectivity index (χ1v) is 12.8. The Balaban J connectivity index is 1.58. The van der Waals surface area contributed by atoms with E-state index in [9.17, 15) is 23.1 Å². The summed E-state index contributed by atoms with van der Waals surface area (Å²) in [4.78, 5) is 20.4. The number of aliphatic hydroxyl groups is 1. The predicted octanol–water partition coefficient (Wildman–Crippen LogP) is 3.48. The van der Waals surface area contributed by atoms with Crippen LogP contribution in [0.2, 0.25) is 0 Å². The summed E-state index contributed by atoms with van der Waals surface area (Å²) >= 11 is 1.27. The summed E-state index contributed by atoms with van der Waals surface area (Å²) in [5.74, 6) is 5.63. The average Bonchev–Trinajstić information content (AvgIpc) is 3.64. The number of hydrazone groups is 1. The highest BCUT2D eigenvalue weighted by atomic mass is 32.2. The van der Waals surface area contributed by atoms with Crippen LogP contribution in [0.15, 0.2) is 52.6 Å². The number of nitrogens with zero attached hydrogens (tertiary/aromatic N) is 4. The third-order valence-corrected chi connectivity index (χ3v) is 6.93. The van der Waals surface area contributed by atoms with Crippen LogP contribution in [0.4, 0.5) is 13.2 Å². The third-order valence-electron chi connectivity index (χ3n) is 6.06. The van der Waals surface area contributed by atoms with Crippen LogP contribution in [0.5, 0.6) is 5.75 Å². The lowest BCUT2D eigenvalue weighted by Gasteiger charge is -2.30. The van der Waals surface area contributed by atoms with Gasteiger partial charge in [0.25, 0.3) is 12.0 Å². The minimum Gasteiger partial charge on any atom is -0.494 e. The summed E-state index contributed by atoms with van der Waals surface area (Å²) in [6.45, 7) is 1.44. The second-order valence-electron chi connectivity index (χ2n) is 9.02. The molecule has 3 N–H and O–H groups in total. The number of methoxy groups -OCH3 is 1. The SMILES string of the molecule is COc1cnc(C(F)F)cc1-c1cc(-n2c(F)cccc2=O)ncc1C(C)(O)NC1NN=C(C#CC2CC2)S1. The number of nitrogens with one attached hydrogen (secondary N) is 2. The molecular formula is C26H23F3N6O3S. The Morgan fingerprint density at radius 2 is 2.05 bits per heavy atom. The van der Waals surface area contributed by atoms with Crippen molar-refractivity contribution in [3.63, 3.8) is 0 Å². The second kappa shape index (κ2) is 10.7. The summed E-state index contributed by atoms with van der Waals surface area (Å²) < 4.78 is 47.9. The van der Waals surface area contributed by atoms with Crippen molar-refractivity contribution in [2.75, 3.05) is 7.11 Å². The Hall–Kier alpha value is -3.86. The molecule has 1 aliphatic carbocycles. The van der Waals surface area contributed by atoms with Crippen LogP contribution < -0.4 is 21.0 Å². The van der Waals surface area contributed by atoms with Crippen molar-refractivity contribution >= 4 is 16.8 Å². The quantitative estimate of drug-likeness (QED) is 0.230. The smallest absolute Gasteiger partial charge is 0.280 e. The molecule has 9 nitrogen and oxygen atoms in total. The molecule has 0 bridgehead atoms. The fourth-order valence-electron chi connectivity index (χ4n) is 3.94. The molecule has 1 saturated carbocycles. The number of ether oxygens (including phenoxy) is 1. The molecule has 1 aliphatic heterocycles. The highest BCUT2D eigenvalue weighted by molar-refractivity contribution is 8.15. The van der Waals surface area contributed by atoms with Gasteiger partial charge in [-0.05, 0) is 49.4 Å². The van der Waals surface area contributed by atoms with Crippen LogP contribution in [-0.2, 0) is 5.72 Å². The number of alkyl halides is 2. The van der Waals surface area contributed by atoms with E-state index in [1.807, 2.05) is 0 Å². The number of hydrogen-bond acceptors (Lipinski definition) is 9. The molecule has 5 rings (SSSR count). The zero-order valence-corrected chi connectivity index (χ0v) is 21.6. The number of aromatic nitrogens is 3. The highest BCUT2D eigenvalue weighted by Gasteiger charge is 2.34. The van der Waals surface area contributed by atoms with E-state index < -0.39 is 34.8 Å². The fourth-order valence-corrected chi connectivity index (χ4v) is 4.78. The van der Waals surface area contributed by atoms with E-state index in [-0.39, 0.29) is 28.3 Å². The average molecular weight is 557 g/mol. The molecule has 202 valence electrons. The molecule has 0 saturated heterocycles. The van der Waals surface area contributed by atoms with E-state index in [0.29, 0.717) is 11.0 Å². The number of thioether (sulfide) groups is 1. The summed E-state index contributed by atoms with van der Waals surface area (Å²) in [5.41, 5.74) is -0.336. The van der Waals surface area contributed by atoms with E-state index >= 15 is 0 Å². The predicted molar refractivity (Wildman–Crippen MR) is 140 cm³/mol. The van der Waals surface area contributed by atoms with E-state index in [1.165, 1.54) is 44.1 Å². The fraction of sp³-hybridized carbons (Fsp3) is 0.308. The van der Waals surface area contributed by atoms with Gasteiger partial charge in [-0.3, -0.25) is 20.5 Å². The lowest BCUT2D eigenvalue weighted by atomic mass is 9.94. The van der Waals surface area contributed by atoms with Gasteiger partial charge in [-0.2, -0.15) is 9.49 Å². The zero-order chi connectivity index (χ0) is 27.7.